The fourth-order valence-corrected chi connectivity index (χ4v) is 2.33. The number of phenols is 1. The molecule has 5 heteroatoms. The van der Waals surface area contributed by atoms with Crippen molar-refractivity contribution >= 4 is 5.82 Å². The largest absolute Gasteiger partial charge is 0.507 e. The highest BCUT2D eigenvalue weighted by atomic mass is 16.5. The van der Waals surface area contributed by atoms with E-state index in [9.17, 15) is 5.11 Å². The van der Waals surface area contributed by atoms with E-state index in [4.69, 9.17) is 9.26 Å². The molecule has 2 heterocycles. The van der Waals surface area contributed by atoms with Crippen LogP contribution in [0.15, 0.2) is 28.8 Å². The van der Waals surface area contributed by atoms with Crippen molar-refractivity contribution in [3.05, 3.63) is 24.3 Å². The van der Waals surface area contributed by atoms with E-state index in [1.807, 2.05) is 6.07 Å². The van der Waals surface area contributed by atoms with E-state index in [0.717, 1.165) is 18.9 Å². The lowest BCUT2D eigenvalue weighted by molar-refractivity contribution is 0.405. The average Bonchev–Trinajstić information content (AvgIpc) is 3.09. The summed E-state index contributed by atoms with van der Waals surface area (Å²) in [6.07, 6.45) is 2.38. The van der Waals surface area contributed by atoms with E-state index in [1.165, 1.54) is 12.8 Å². The van der Waals surface area contributed by atoms with Crippen LogP contribution in [-0.2, 0) is 0 Å². The molecule has 5 nitrogen and oxygen atoms in total. The first-order chi connectivity index (χ1) is 9.28. The Labute approximate surface area is 111 Å². The number of rotatable bonds is 3. The monoisotopic (exact) mass is 260 g/mol. The summed E-state index contributed by atoms with van der Waals surface area (Å²) in [5.41, 5.74) is 0.624. The van der Waals surface area contributed by atoms with Crippen LogP contribution in [0, 0.1) is 0 Å². The second-order valence-corrected chi connectivity index (χ2v) is 4.63. The van der Waals surface area contributed by atoms with Gasteiger partial charge in [-0.3, -0.25) is 0 Å². The molecule has 2 aromatic rings. The third kappa shape index (κ3) is 2.23. The number of phenolic OH excluding ortho intramolecular Hbond substituents is 1. The van der Waals surface area contributed by atoms with Gasteiger partial charge in [0.25, 0.3) is 0 Å². The van der Waals surface area contributed by atoms with Crippen LogP contribution >= 0.6 is 0 Å². The zero-order valence-corrected chi connectivity index (χ0v) is 10.8. The highest BCUT2D eigenvalue weighted by molar-refractivity contribution is 5.68. The molecule has 0 unspecified atom stereocenters. The molecule has 0 atom stereocenters. The number of nitrogens with zero attached hydrogens (tertiary/aromatic N) is 2. The number of aromatic hydroxyl groups is 1. The van der Waals surface area contributed by atoms with Gasteiger partial charge in [-0.1, -0.05) is 5.16 Å². The Hall–Kier alpha value is -2.17. The highest BCUT2D eigenvalue weighted by Crippen LogP contribution is 2.34. The second-order valence-electron chi connectivity index (χ2n) is 4.63. The summed E-state index contributed by atoms with van der Waals surface area (Å²) in [5.74, 6) is 2.15. The first-order valence-corrected chi connectivity index (χ1v) is 6.37. The quantitative estimate of drug-likeness (QED) is 0.919. The molecule has 0 radical (unpaired) electrons. The molecule has 100 valence electrons. The lowest BCUT2D eigenvalue weighted by Crippen LogP contribution is -2.17. The Morgan fingerprint density at radius 2 is 2.05 bits per heavy atom. The van der Waals surface area contributed by atoms with Gasteiger partial charge < -0.3 is 19.3 Å². The van der Waals surface area contributed by atoms with Gasteiger partial charge in [-0.15, -0.1) is 0 Å². The standard InChI is InChI=1S/C14H16N2O3/c1-18-10-4-5-11(12(17)8-10)13-9-14(15-19-13)16-6-2-3-7-16/h4-5,8-9,17H,2-3,6-7H2,1H3. The van der Waals surface area contributed by atoms with Gasteiger partial charge in [-0.25, -0.2) is 0 Å². The minimum absolute atomic E-state index is 0.128. The Balaban J connectivity index is 1.89. The molecule has 3 rings (SSSR count). The Kier molecular flexibility index (Phi) is 3.03. The summed E-state index contributed by atoms with van der Waals surface area (Å²) in [6.45, 7) is 2.03. The summed E-state index contributed by atoms with van der Waals surface area (Å²) in [4.78, 5) is 2.19. The number of ether oxygens (including phenoxy) is 1. The molecular formula is C14H16N2O3. The molecule has 1 N–H and O–H groups in total. The van der Waals surface area contributed by atoms with Crippen molar-refractivity contribution < 1.29 is 14.4 Å². The van der Waals surface area contributed by atoms with Crippen molar-refractivity contribution in [1.82, 2.24) is 5.16 Å². The molecular weight excluding hydrogens is 244 g/mol. The van der Waals surface area contributed by atoms with Gasteiger partial charge in [0, 0.05) is 25.2 Å². The second kappa shape index (κ2) is 4.84. The SMILES string of the molecule is COc1ccc(-c2cc(N3CCCC3)no2)c(O)c1. The topological polar surface area (TPSA) is 58.7 Å². The van der Waals surface area contributed by atoms with Crippen LogP contribution < -0.4 is 9.64 Å². The fraction of sp³-hybridized carbons (Fsp3) is 0.357. The predicted octanol–water partition coefficient (Wildman–Crippen LogP) is 2.66. The Morgan fingerprint density at radius 3 is 2.74 bits per heavy atom. The smallest absolute Gasteiger partial charge is 0.172 e. The summed E-state index contributed by atoms with van der Waals surface area (Å²) < 4.78 is 10.4. The fourth-order valence-electron chi connectivity index (χ4n) is 2.33. The Morgan fingerprint density at radius 1 is 1.26 bits per heavy atom. The van der Waals surface area contributed by atoms with Gasteiger partial charge in [-0.05, 0) is 25.0 Å². The number of anilines is 1. The summed E-state index contributed by atoms with van der Waals surface area (Å²) in [7, 11) is 1.56. The van der Waals surface area contributed by atoms with Crippen molar-refractivity contribution in [2.45, 2.75) is 12.8 Å². The average molecular weight is 260 g/mol. The molecule has 1 saturated heterocycles. The summed E-state index contributed by atoms with van der Waals surface area (Å²) in [6, 6.07) is 6.98. The molecule has 1 aliphatic rings. The first kappa shape index (κ1) is 11.9. The van der Waals surface area contributed by atoms with Gasteiger partial charge in [0.1, 0.15) is 11.5 Å². The molecule has 1 aliphatic heterocycles. The lowest BCUT2D eigenvalue weighted by Gasteiger charge is -2.11. The molecule has 0 aliphatic carbocycles. The van der Waals surface area contributed by atoms with Crippen LogP contribution in [0.1, 0.15) is 12.8 Å². The number of hydrogen-bond donors (Lipinski definition) is 1. The van der Waals surface area contributed by atoms with E-state index < -0.39 is 0 Å². The van der Waals surface area contributed by atoms with Gasteiger partial charge in [-0.2, -0.15) is 0 Å². The maximum absolute atomic E-state index is 9.97. The molecule has 0 amide bonds. The van der Waals surface area contributed by atoms with Crippen LogP contribution in [0.5, 0.6) is 11.5 Å². The van der Waals surface area contributed by atoms with Gasteiger partial charge in [0.2, 0.25) is 0 Å². The van der Waals surface area contributed by atoms with Crippen LogP contribution in [0.4, 0.5) is 5.82 Å². The predicted molar refractivity (Wildman–Crippen MR) is 71.6 cm³/mol. The van der Waals surface area contributed by atoms with E-state index >= 15 is 0 Å². The number of hydrogen-bond acceptors (Lipinski definition) is 5. The van der Waals surface area contributed by atoms with Crippen molar-refractivity contribution in [3.63, 3.8) is 0 Å². The molecule has 0 saturated carbocycles. The van der Waals surface area contributed by atoms with Gasteiger partial charge in [0.05, 0.1) is 12.7 Å². The minimum Gasteiger partial charge on any atom is -0.507 e. The van der Waals surface area contributed by atoms with Crippen molar-refractivity contribution in [3.8, 4) is 22.8 Å². The van der Waals surface area contributed by atoms with Crippen molar-refractivity contribution in [2.24, 2.45) is 0 Å². The van der Waals surface area contributed by atoms with E-state index in [-0.39, 0.29) is 5.75 Å². The zero-order chi connectivity index (χ0) is 13.2. The van der Waals surface area contributed by atoms with Gasteiger partial charge in [0.15, 0.2) is 11.6 Å². The van der Waals surface area contributed by atoms with E-state index in [0.29, 0.717) is 17.1 Å². The van der Waals surface area contributed by atoms with Crippen molar-refractivity contribution in [2.75, 3.05) is 25.1 Å². The van der Waals surface area contributed by atoms with E-state index in [2.05, 4.69) is 10.1 Å². The summed E-state index contributed by atoms with van der Waals surface area (Å²) >= 11 is 0. The van der Waals surface area contributed by atoms with Crippen LogP contribution in [-0.4, -0.2) is 30.5 Å². The minimum atomic E-state index is 0.128. The van der Waals surface area contributed by atoms with Crippen molar-refractivity contribution in [1.29, 1.82) is 0 Å². The maximum Gasteiger partial charge on any atom is 0.172 e. The zero-order valence-electron chi connectivity index (χ0n) is 10.8. The Bertz CT molecular complexity index is 574. The third-order valence-electron chi connectivity index (χ3n) is 3.40. The van der Waals surface area contributed by atoms with Crippen LogP contribution in [0.25, 0.3) is 11.3 Å². The highest BCUT2D eigenvalue weighted by Gasteiger charge is 2.18. The molecule has 1 aromatic carbocycles. The maximum atomic E-state index is 9.97. The van der Waals surface area contributed by atoms with Crippen LogP contribution in [0.2, 0.25) is 0 Å². The molecule has 1 aromatic heterocycles. The molecule has 0 spiro atoms. The number of methoxy groups -OCH3 is 1. The number of benzene rings is 1. The molecule has 0 bridgehead atoms. The first-order valence-electron chi connectivity index (χ1n) is 6.37. The third-order valence-corrected chi connectivity index (χ3v) is 3.40. The number of aromatic nitrogens is 1. The van der Waals surface area contributed by atoms with Crippen LogP contribution in [0.3, 0.4) is 0 Å². The normalized spacial score (nSPS) is 14.9. The molecule has 19 heavy (non-hydrogen) atoms. The van der Waals surface area contributed by atoms with E-state index in [1.54, 1.807) is 25.3 Å². The van der Waals surface area contributed by atoms with Gasteiger partial charge >= 0.3 is 0 Å². The lowest BCUT2D eigenvalue weighted by atomic mass is 10.1. The molecule has 1 fully saturated rings. The summed E-state index contributed by atoms with van der Waals surface area (Å²) in [5, 5.41) is 14.0.